The molecule has 3 rings (SSSR count). The Bertz CT molecular complexity index is 851. The van der Waals surface area contributed by atoms with E-state index in [0.29, 0.717) is 23.6 Å². The molecule has 0 saturated carbocycles. The highest BCUT2D eigenvalue weighted by Crippen LogP contribution is 2.32. The summed E-state index contributed by atoms with van der Waals surface area (Å²) in [5, 5.41) is 13.2. The maximum atomic E-state index is 12.2. The summed E-state index contributed by atoms with van der Waals surface area (Å²) < 4.78 is 10.5. The fourth-order valence-electron chi connectivity index (χ4n) is 2.85. The quantitative estimate of drug-likeness (QED) is 0.578. The van der Waals surface area contributed by atoms with Crippen LogP contribution in [-0.2, 0) is 0 Å². The molecule has 0 spiro atoms. The van der Waals surface area contributed by atoms with Gasteiger partial charge in [0.1, 0.15) is 0 Å². The number of carbonyl (C=O) groups excluding carboxylic acids is 1. The van der Waals surface area contributed by atoms with Gasteiger partial charge in [0.15, 0.2) is 11.5 Å². The Kier molecular flexibility index (Phi) is 5.93. The minimum atomic E-state index is -0.320. The van der Waals surface area contributed by atoms with E-state index in [1.807, 2.05) is 32.0 Å². The molecule has 7 heteroatoms. The Balaban J connectivity index is 1.64. The van der Waals surface area contributed by atoms with Gasteiger partial charge in [-0.1, -0.05) is 6.07 Å². The van der Waals surface area contributed by atoms with E-state index in [0.717, 1.165) is 23.4 Å². The molecule has 2 aromatic rings. The Morgan fingerprint density at radius 2 is 2.07 bits per heavy atom. The first-order valence-electron chi connectivity index (χ1n) is 8.82. The SMILES string of the molecule is CCN(CCO)c1ccc(/C=N\NC(=O)c2ccc3c(c2)OCO3)c(C)c1. The molecule has 7 nitrogen and oxygen atoms in total. The Morgan fingerprint density at radius 3 is 2.81 bits per heavy atom. The molecule has 0 aliphatic carbocycles. The molecule has 1 heterocycles. The molecule has 27 heavy (non-hydrogen) atoms. The lowest BCUT2D eigenvalue weighted by Gasteiger charge is -2.22. The molecule has 1 aliphatic rings. The number of amides is 1. The minimum absolute atomic E-state index is 0.113. The number of nitrogens with one attached hydrogen (secondary N) is 1. The van der Waals surface area contributed by atoms with E-state index in [1.54, 1.807) is 24.4 Å². The van der Waals surface area contributed by atoms with Crippen LogP contribution in [0.5, 0.6) is 11.5 Å². The highest BCUT2D eigenvalue weighted by Gasteiger charge is 2.15. The predicted octanol–water partition coefficient (Wildman–Crippen LogP) is 2.31. The molecule has 2 N–H and O–H groups in total. The number of rotatable bonds is 7. The van der Waals surface area contributed by atoms with Crippen LogP contribution < -0.4 is 19.8 Å². The highest BCUT2D eigenvalue weighted by molar-refractivity contribution is 5.95. The van der Waals surface area contributed by atoms with E-state index >= 15 is 0 Å². The van der Waals surface area contributed by atoms with Crippen LogP contribution in [0.2, 0.25) is 0 Å². The van der Waals surface area contributed by atoms with Gasteiger partial charge < -0.3 is 19.5 Å². The lowest BCUT2D eigenvalue weighted by Crippen LogP contribution is -2.26. The van der Waals surface area contributed by atoms with E-state index < -0.39 is 0 Å². The average Bonchev–Trinajstić information content (AvgIpc) is 3.15. The summed E-state index contributed by atoms with van der Waals surface area (Å²) in [5.41, 5.74) is 5.96. The maximum Gasteiger partial charge on any atom is 0.271 e. The van der Waals surface area contributed by atoms with Crippen molar-refractivity contribution in [1.82, 2.24) is 5.43 Å². The summed E-state index contributed by atoms with van der Waals surface area (Å²) in [4.78, 5) is 14.3. The Labute approximate surface area is 158 Å². The van der Waals surface area contributed by atoms with Crippen LogP contribution in [0.25, 0.3) is 0 Å². The van der Waals surface area contributed by atoms with E-state index in [2.05, 4.69) is 15.4 Å². The van der Waals surface area contributed by atoms with Crippen LogP contribution in [0.15, 0.2) is 41.5 Å². The van der Waals surface area contributed by atoms with Gasteiger partial charge in [0, 0.05) is 24.3 Å². The molecule has 1 aliphatic heterocycles. The summed E-state index contributed by atoms with van der Waals surface area (Å²) in [6.45, 7) is 5.72. The number of hydrogen-bond acceptors (Lipinski definition) is 6. The van der Waals surface area contributed by atoms with Gasteiger partial charge in [0.25, 0.3) is 5.91 Å². The monoisotopic (exact) mass is 369 g/mol. The summed E-state index contributed by atoms with van der Waals surface area (Å²) in [7, 11) is 0. The molecular weight excluding hydrogens is 346 g/mol. The molecular formula is C20H23N3O4. The topological polar surface area (TPSA) is 83.4 Å². The van der Waals surface area contributed by atoms with Gasteiger partial charge >= 0.3 is 0 Å². The van der Waals surface area contributed by atoms with E-state index in [4.69, 9.17) is 14.6 Å². The molecule has 2 aromatic carbocycles. The molecule has 0 unspecified atom stereocenters. The van der Waals surface area contributed by atoms with Crippen LogP contribution in [-0.4, -0.2) is 43.7 Å². The van der Waals surface area contributed by atoms with Gasteiger partial charge in [-0.25, -0.2) is 5.43 Å². The molecule has 1 amide bonds. The number of fused-ring (bicyclic) bond motifs is 1. The van der Waals surface area contributed by atoms with Crippen molar-refractivity contribution in [2.45, 2.75) is 13.8 Å². The lowest BCUT2D eigenvalue weighted by atomic mass is 10.1. The maximum absolute atomic E-state index is 12.2. The van der Waals surface area contributed by atoms with Crippen molar-refractivity contribution < 1.29 is 19.4 Å². The standard InChI is InChI=1S/C20H23N3O4/c1-3-23(8-9-24)17-6-4-16(14(2)10-17)12-21-22-20(25)15-5-7-18-19(11-15)27-13-26-18/h4-7,10-12,24H,3,8-9,13H2,1-2H3,(H,22,25)/b21-12-. The molecule has 0 fully saturated rings. The fraction of sp³-hybridized carbons (Fsp3) is 0.300. The van der Waals surface area contributed by atoms with Crippen molar-refractivity contribution in [2.24, 2.45) is 5.10 Å². The number of benzene rings is 2. The summed E-state index contributed by atoms with van der Waals surface area (Å²) >= 11 is 0. The number of aryl methyl sites for hydroxylation is 1. The van der Waals surface area contributed by atoms with Crippen molar-refractivity contribution >= 4 is 17.8 Å². The van der Waals surface area contributed by atoms with Gasteiger partial charge in [-0.2, -0.15) is 5.10 Å². The number of aliphatic hydroxyl groups is 1. The number of carbonyl (C=O) groups is 1. The van der Waals surface area contributed by atoms with Crippen LogP contribution in [0, 0.1) is 6.92 Å². The molecule has 0 atom stereocenters. The zero-order chi connectivity index (χ0) is 19.2. The number of hydrazone groups is 1. The number of nitrogens with zero attached hydrogens (tertiary/aromatic N) is 2. The minimum Gasteiger partial charge on any atom is -0.454 e. The third-order valence-electron chi connectivity index (χ3n) is 4.37. The molecule has 0 saturated heterocycles. The van der Waals surface area contributed by atoms with Crippen molar-refractivity contribution in [3.8, 4) is 11.5 Å². The first-order valence-corrected chi connectivity index (χ1v) is 8.82. The number of likely N-dealkylation sites (N-methyl/N-ethyl adjacent to an activating group) is 1. The first kappa shape index (κ1) is 18.7. The number of aliphatic hydroxyl groups excluding tert-OH is 1. The summed E-state index contributed by atoms with van der Waals surface area (Å²) in [5.74, 6) is 0.869. The van der Waals surface area contributed by atoms with Gasteiger partial charge in [0.2, 0.25) is 6.79 Å². The number of hydrogen-bond donors (Lipinski definition) is 2. The normalized spacial score (nSPS) is 12.4. The number of ether oxygens (including phenoxy) is 2. The fourth-order valence-corrected chi connectivity index (χ4v) is 2.85. The molecule has 0 bridgehead atoms. The molecule has 0 radical (unpaired) electrons. The summed E-state index contributed by atoms with van der Waals surface area (Å²) in [6, 6.07) is 11.0. The largest absolute Gasteiger partial charge is 0.454 e. The van der Waals surface area contributed by atoms with Crippen LogP contribution in [0.1, 0.15) is 28.4 Å². The molecule has 0 aromatic heterocycles. The smallest absolute Gasteiger partial charge is 0.271 e. The average molecular weight is 369 g/mol. The van der Waals surface area contributed by atoms with Gasteiger partial charge in [-0.15, -0.1) is 0 Å². The Morgan fingerprint density at radius 1 is 1.26 bits per heavy atom. The predicted molar refractivity (Wildman–Crippen MR) is 104 cm³/mol. The first-order chi connectivity index (χ1) is 13.1. The molecule has 142 valence electrons. The van der Waals surface area contributed by atoms with Gasteiger partial charge in [-0.05, 0) is 55.3 Å². The highest BCUT2D eigenvalue weighted by atomic mass is 16.7. The van der Waals surface area contributed by atoms with Gasteiger partial charge in [0.05, 0.1) is 12.8 Å². The zero-order valence-corrected chi connectivity index (χ0v) is 15.4. The van der Waals surface area contributed by atoms with Crippen LogP contribution >= 0.6 is 0 Å². The van der Waals surface area contributed by atoms with Crippen LogP contribution in [0.4, 0.5) is 5.69 Å². The summed E-state index contributed by atoms with van der Waals surface area (Å²) in [6.07, 6.45) is 1.62. The van der Waals surface area contributed by atoms with Crippen molar-refractivity contribution in [3.05, 3.63) is 53.1 Å². The lowest BCUT2D eigenvalue weighted by molar-refractivity contribution is 0.0954. The van der Waals surface area contributed by atoms with Crippen molar-refractivity contribution in [1.29, 1.82) is 0 Å². The third-order valence-corrected chi connectivity index (χ3v) is 4.37. The van der Waals surface area contributed by atoms with Crippen LogP contribution in [0.3, 0.4) is 0 Å². The van der Waals surface area contributed by atoms with E-state index in [1.165, 1.54) is 0 Å². The third kappa shape index (κ3) is 4.38. The zero-order valence-electron chi connectivity index (χ0n) is 15.4. The van der Waals surface area contributed by atoms with Gasteiger partial charge in [-0.3, -0.25) is 4.79 Å². The second kappa shape index (κ2) is 8.55. The van der Waals surface area contributed by atoms with Crippen molar-refractivity contribution in [3.63, 3.8) is 0 Å². The van der Waals surface area contributed by atoms with E-state index in [9.17, 15) is 4.79 Å². The second-order valence-corrected chi connectivity index (χ2v) is 6.11. The Hall–Kier alpha value is -3.06. The second-order valence-electron chi connectivity index (χ2n) is 6.11. The van der Waals surface area contributed by atoms with Crippen molar-refractivity contribution in [2.75, 3.05) is 31.4 Å². The van der Waals surface area contributed by atoms with E-state index in [-0.39, 0.29) is 19.3 Å². The number of anilines is 1.